The standard InChI is InChI=1S/C7H15NO3Si/c1-4-10-12(3,11-5-2)7-9-6-8/h4-5,7H2,1-3H3. The van der Waals surface area contributed by atoms with Gasteiger partial charge in [0.15, 0.2) is 0 Å². The van der Waals surface area contributed by atoms with Crippen LogP contribution in [0.25, 0.3) is 0 Å². The molecule has 0 saturated carbocycles. The zero-order valence-electron chi connectivity index (χ0n) is 7.79. The number of hydrogen-bond donors (Lipinski definition) is 0. The minimum absolute atomic E-state index is 0.269. The van der Waals surface area contributed by atoms with Crippen molar-refractivity contribution in [1.29, 1.82) is 5.26 Å². The maximum absolute atomic E-state index is 8.20. The summed E-state index contributed by atoms with van der Waals surface area (Å²) in [4.78, 5) is 0. The first-order valence-corrected chi connectivity index (χ1v) is 6.49. The van der Waals surface area contributed by atoms with E-state index in [0.717, 1.165) is 0 Å². The Balaban J connectivity index is 3.90. The molecule has 0 saturated heterocycles. The van der Waals surface area contributed by atoms with Crippen molar-refractivity contribution in [3.8, 4) is 6.26 Å². The fourth-order valence-electron chi connectivity index (χ4n) is 0.899. The lowest BCUT2D eigenvalue weighted by Gasteiger charge is -2.23. The molecule has 0 aromatic rings. The molecular formula is C7H15NO3Si. The van der Waals surface area contributed by atoms with E-state index in [1.165, 1.54) is 0 Å². The van der Waals surface area contributed by atoms with E-state index < -0.39 is 8.56 Å². The molecule has 0 amide bonds. The van der Waals surface area contributed by atoms with Gasteiger partial charge in [-0.3, -0.25) is 0 Å². The average molecular weight is 189 g/mol. The first-order valence-electron chi connectivity index (χ1n) is 3.97. The van der Waals surface area contributed by atoms with Gasteiger partial charge in [-0.1, -0.05) is 0 Å². The zero-order valence-corrected chi connectivity index (χ0v) is 8.79. The fraction of sp³-hybridized carbons (Fsp3) is 0.857. The van der Waals surface area contributed by atoms with E-state index in [0.29, 0.717) is 13.2 Å². The average Bonchev–Trinajstić information content (AvgIpc) is 2.02. The van der Waals surface area contributed by atoms with Crippen LogP contribution in [-0.4, -0.2) is 28.0 Å². The van der Waals surface area contributed by atoms with Crippen molar-refractivity contribution in [3.05, 3.63) is 0 Å². The molecule has 0 aliphatic heterocycles. The third-order valence-electron chi connectivity index (χ3n) is 1.30. The topological polar surface area (TPSA) is 51.5 Å². The van der Waals surface area contributed by atoms with Crippen molar-refractivity contribution in [2.24, 2.45) is 0 Å². The highest BCUT2D eigenvalue weighted by atomic mass is 28.4. The summed E-state index contributed by atoms with van der Waals surface area (Å²) in [7, 11) is -2.22. The summed E-state index contributed by atoms with van der Waals surface area (Å²) in [6, 6.07) is 0. The van der Waals surface area contributed by atoms with Gasteiger partial charge in [0.05, 0.1) is 0 Å². The van der Waals surface area contributed by atoms with Crippen molar-refractivity contribution >= 4 is 8.56 Å². The third-order valence-corrected chi connectivity index (χ3v) is 3.77. The Kier molecular flexibility index (Phi) is 5.71. The van der Waals surface area contributed by atoms with E-state index in [4.69, 9.17) is 14.1 Å². The second kappa shape index (κ2) is 6.00. The summed E-state index contributed by atoms with van der Waals surface area (Å²) >= 11 is 0. The Morgan fingerprint density at radius 1 is 1.25 bits per heavy atom. The fourth-order valence-corrected chi connectivity index (χ4v) is 2.70. The van der Waals surface area contributed by atoms with Crippen molar-refractivity contribution in [2.45, 2.75) is 20.4 Å². The highest BCUT2D eigenvalue weighted by molar-refractivity contribution is 6.65. The lowest BCUT2D eigenvalue weighted by Crippen LogP contribution is -2.43. The second-order valence-electron chi connectivity index (χ2n) is 2.38. The van der Waals surface area contributed by atoms with Gasteiger partial charge in [0.2, 0.25) is 0 Å². The minimum Gasteiger partial charge on any atom is -0.426 e. The summed E-state index contributed by atoms with van der Waals surface area (Å²) in [5.41, 5.74) is 0. The van der Waals surface area contributed by atoms with Crippen LogP contribution in [0, 0.1) is 11.5 Å². The van der Waals surface area contributed by atoms with Crippen LogP contribution in [0.4, 0.5) is 0 Å². The molecular weight excluding hydrogens is 174 g/mol. The number of rotatable bonds is 6. The van der Waals surface area contributed by atoms with Crippen LogP contribution >= 0.6 is 0 Å². The molecule has 0 radical (unpaired) electrons. The van der Waals surface area contributed by atoms with Crippen molar-refractivity contribution in [3.63, 3.8) is 0 Å². The van der Waals surface area contributed by atoms with Crippen LogP contribution < -0.4 is 0 Å². The Hall–Kier alpha value is -0.573. The van der Waals surface area contributed by atoms with Gasteiger partial charge in [-0.25, -0.2) is 0 Å². The number of nitrogens with zero attached hydrogens (tertiary/aromatic N) is 1. The predicted octanol–water partition coefficient (Wildman–Crippen LogP) is 1.17. The van der Waals surface area contributed by atoms with Gasteiger partial charge in [0.25, 0.3) is 6.26 Å². The third kappa shape index (κ3) is 4.33. The lowest BCUT2D eigenvalue weighted by molar-refractivity contribution is 0.156. The molecule has 5 heteroatoms. The molecule has 0 rings (SSSR count). The normalized spacial score (nSPS) is 10.8. The van der Waals surface area contributed by atoms with Crippen LogP contribution in [0.2, 0.25) is 6.55 Å². The molecule has 0 atom stereocenters. The van der Waals surface area contributed by atoms with Crippen LogP contribution in [0.1, 0.15) is 13.8 Å². The number of ether oxygens (including phenoxy) is 1. The van der Waals surface area contributed by atoms with Gasteiger partial charge >= 0.3 is 8.56 Å². The smallest absolute Gasteiger partial charge is 0.375 e. The first-order chi connectivity index (χ1) is 5.68. The van der Waals surface area contributed by atoms with E-state index in [1.54, 1.807) is 6.26 Å². The van der Waals surface area contributed by atoms with Crippen molar-refractivity contribution < 1.29 is 13.6 Å². The second-order valence-corrected chi connectivity index (χ2v) is 5.51. The lowest BCUT2D eigenvalue weighted by atomic mass is 10.9. The highest BCUT2D eigenvalue weighted by Gasteiger charge is 2.32. The molecule has 0 aromatic heterocycles. The van der Waals surface area contributed by atoms with Crippen LogP contribution in [0.5, 0.6) is 0 Å². The number of nitriles is 1. The predicted molar refractivity (Wildman–Crippen MR) is 46.4 cm³/mol. The van der Waals surface area contributed by atoms with Gasteiger partial charge < -0.3 is 13.6 Å². The van der Waals surface area contributed by atoms with Gasteiger partial charge in [-0.2, -0.15) is 5.26 Å². The Labute approximate surface area is 74.3 Å². The first kappa shape index (κ1) is 11.4. The van der Waals surface area contributed by atoms with Gasteiger partial charge in [-0.15, -0.1) is 0 Å². The highest BCUT2D eigenvalue weighted by Crippen LogP contribution is 2.07. The van der Waals surface area contributed by atoms with Crippen molar-refractivity contribution in [1.82, 2.24) is 0 Å². The molecule has 0 aliphatic rings. The van der Waals surface area contributed by atoms with Gasteiger partial charge in [0, 0.05) is 13.2 Å². The molecule has 0 fully saturated rings. The Morgan fingerprint density at radius 3 is 2.08 bits per heavy atom. The summed E-state index contributed by atoms with van der Waals surface area (Å²) in [5, 5.41) is 8.20. The maximum atomic E-state index is 8.20. The molecule has 12 heavy (non-hydrogen) atoms. The summed E-state index contributed by atoms with van der Waals surface area (Å²) < 4.78 is 15.4. The van der Waals surface area contributed by atoms with E-state index in [2.05, 4.69) is 4.74 Å². The molecule has 0 aliphatic carbocycles. The van der Waals surface area contributed by atoms with Gasteiger partial charge in [-0.05, 0) is 20.4 Å². The molecule has 0 bridgehead atoms. The molecule has 70 valence electrons. The molecule has 0 heterocycles. The quantitative estimate of drug-likeness (QED) is 0.465. The summed E-state index contributed by atoms with van der Waals surface area (Å²) in [5.74, 6) is 0. The van der Waals surface area contributed by atoms with E-state index in [9.17, 15) is 0 Å². The van der Waals surface area contributed by atoms with Gasteiger partial charge in [0.1, 0.15) is 6.23 Å². The molecule has 0 aromatic carbocycles. The van der Waals surface area contributed by atoms with E-state index in [1.807, 2.05) is 20.4 Å². The minimum atomic E-state index is -2.22. The zero-order chi connectivity index (χ0) is 9.45. The molecule has 0 spiro atoms. The van der Waals surface area contributed by atoms with Crippen LogP contribution in [0.15, 0.2) is 0 Å². The van der Waals surface area contributed by atoms with Crippen LogP contribution in [-0.2, 0) is 13.6 Å². The Bertz CT molecular complexity index is 151. The van der Waals surface area contributed by atoms with Crippen LogP contribution in [0.3, 0.4) is 0 Å². The molecule has 4 nitrogen and oxygen atoms in total. The van der Waals surface area contributed by atoms with E-state index >= 15 is 0 Å². The monoisotopic (exact) mass is 189 g/mol. The maximum Gasteiger partial charge on any atom is 0.375 e. The molecule has 0 unspecified atom stereocenters. The number of hydrogen-bond acceptors (Lipinski definition) is 4. The SMILES string of the molecule is CCO[Si](C)(COC#N)OCC. The summed E-state index contributed by atoms with van der Waals surface area (Å²) in [6.45, 7) is 6.87. The largest absolute Gasteiger partial charge is 0.426 e. The Morgan fingerprint density at radius 2 is 1.75 bits per heavy atom. The molecule has 0 N–H and O–H groups in total. The van der Waals surface area contributed by atoms with E-state index in [-0.39, 0.29) is 6.23 Å². The summed E-state index contributed by atoms with van der Waals surface area (Å²) in [6.07, 6.45) is 1.88. The van der Waals surface area contributed by atoms with Crippen molar-refractivity contribution in [2.75, 3.05) is 19.4 Å².